The van der Waals surface area contributed by atoms with Gasteiger partial charge in [0, 0.05) is 13.1 Å². The summed E-state index contributed by atoms with van der Waals surface area (Å²) < 4.78 is 12.7. The fourth-order valence-corrected chi connectivity index (χ4v) is 3.09. The van der Waals surface area contributed by atoms with Crippen LogP contribution in [0.4, 0.5) is 0 Å². The van der Waals surface area contributed by atoms with Gasteiger partial charge < -0.3 is 14.8 Å². The van der Waals surface area contributed by atoms with Crippen LogP contribution in [0.3, 0.4) is 0 Å². The number of rotatable bonds is 1. The van der Waals surface area contributed by atoms with Gasteiger partial charge in [0.2, 0.25) is 6.79 Å². The number of fused-ring (bicyclic) bond motifs is 4. The molecule has 114 valence electrons. The van der Waals surface area contributed by atoms with Gasteiger partial charge in [-0.15, -0.1) is 5.10 Å². The Labute approximate surface area is 132 Å². The zero-order valence-electron chi connectivity index (χ0n) is 12.3. The van der Waals surface area contributed by atoms with E-state index < -0.39 is 0 Å². The van der Waals surface area contributed by atoms with E-state index in [1.807, 2.05) is 16.8 Å². The Balaban J connectivity index is 1.61. The van der Waals surface area contributed by atoms with Gasteiger partial charge in [-0.3, -0.25) is 0 Å². The lowest BCUT2D eigenvalue weighted by Gasteiger charge is -2.10. The highest BCUT2D eigenvalue weighted by Crippen LogP contribution is 2.36. The van der Waals surface area contributed by atoms with E-state index in [-0.39, 0.29) is 0 Å². The summed E-state index contributed by atoms with van der Waals surface area (Å²) in [6, 6.07) is 12.4. The normalized spacial score (nSPS) is 15.0. The Kier molecular flexibility index (Phi) is 2.65. The molecule has 0 fully saturated rings. The van der Waals surface area contributed by atoms with Gasteiger partial charge in [0.05, 0.1) is 17.6 Å². The van der Waals surface area contributed by atoms with E-state index in [0.29, 0.717) is 6.79 Å². The number of nitrogens with one attached hydrogen (secondary N) is 1. The number of benzene rings is 2. The highest BCUT2D eigenvalue weighted by Gasteiger charge is 2.17. The molecule has 0 saturated carbocycles. The molecule has 0 spiro atoms. The topological polar surface area (TPSA) is 61.2 Å². The smallest absolute Gasteiger partial charge is 0.231 e. The van der Waals surface area contributed by atoms with Crippen LogP contribution < -0.4 is 14.8 Å². The number of nitrogens with zero attached hydrogens (tertiary/aromatic N) is 3. The fraction of sp³-hybridized carbons (Fsp3) is 0.176. The lowest BCUT2D eigenvalue weighted by atomic mass is 10.0. The van der Waals surface area contributed by atoms with Crippen LogP contribution in [-0.4, -0.2) is 21.8 Å². The van der Waals surface area contributed by atoms with Crippen LogP contribution in [0.5, 0.6) is 11.5 Å². The minimum absolute atomic E-state index is 0.294. The molecule has 1 N–H and O–H groups in total. The summed E-state index contributed by atoms with van der Waals surface area (Å²) in [5.41, 5.74) is 5.60. The highest BCUT2D eigenvalue weighted by molar-refractivity contribution is 5.70. The molecule has 6 heteroatoms. The molecular formula is C17H14N4O2. The van der Waals surface area contributed by atoms with E-state index in [1.165, 1.54) is 5.56 Å². The summed E-state index contributed by atoms with van der Waals surface area (Å²) in [7, 11) is 0. The minimum atomic E-state index is 0.294. The van der Waals surface area contributed by atoms with Crippen molar-refractivity contribution in [2.45, 2.75) is 13.1 Å². The Bertz CT molecular complexity index is 903. The third-order valence-electron chi connectivity index (χ3n) is 4.26. The number of aromatic nitrogens is 3. The Hall–Kier alpha value is -2.86. The highest BCUT2D eigenvalue weighted by atomic mass is 16.7. The first kappa shape index (κ1) is 12.7. The monoisotopic (exact) mass is 306 g/mol. The zero-order chi connectivity index (χ0) is 15.2. The molecule has 2 aliphatic heterocycles. The van der Waals surface area contributed by atoms with Crippen molar-refractivity contribution in [3.63, 3.8) is 0 Å². The van der Waals surface area contributed by atoms with Crippen molar-refractivity contribution in [1.29, 1.82) is 0 Å². The Morgan fingerprint density at radius 2 is 1.83 bits per heavy atom. The second kappa shape index (κ2) is 4.82. The van der Waals surface area contributed by atoms with Gasteiger partial charge in [-0.05, 0) is 41.0 Å². The molecule has 0 bridgehead atoms. The van der Waals surface area contributed by atoms with Gasteiger partial charge in [0.15, 0.2) is 11.5 Å². The third kappa shape index (κ3) is 1.99. The molecule has 0 amide bonds. The zero-order valence-corrected chi connectivity index (χ0v) is 12.3. The van der Waals surface area contributed by atoms with Crippen LogP contribution in [0.15, 0.2) is 42.6 Å². The maximum absolute atomic E-state index is 5.47. The van der Waals surface area contributed by atoms with E-state index in [1.54, 1.807) is 6.20 Å². The van der Waals surface area contributed by atoms with Gasteiger partial charge in [0.25, 0.3) is 0 Å². The number of hydrogen-bond acceptors (Lipinski definition) is 5. The second-order valence-corrected chi connectivity index (χ2v) is 5.65. The van der Waals surface area contributed by atoms with Crippen LogP contribution in [0.25, 0.3) is 16.8 Å². The van der Waals surface area contributed by atoms with Crippen molar-refractivity contribution in [1.82, 2.24) is 20.3 Å². The summed E-state index contributed by atoms with van der Waals surface area (Å²) in [5.74, 6) is 1.60. The molecule has 6 nitrogen and oxygen atoms in total. The molecule has 2 aliphatic rings. The van der Waals surface area contributed by atoms with Crippen molar-refractivity contribution < 1.29 is 9.47 Å². The van der Waals surface area contributed by atoms with E-state index in [0.717, 1.165) is 47.1 Å². The third-order valence-corrected chi connectivity index (χ3v) is 4.26. The molecule has 23 heavy (non-hydrogen) atoms. The molecule has 0 radical (unpaired) electrons. The summed E-state index contributed by atoms with van der Waals surface area (Å²) in [6.45, 7) is 1.86. The van der Waals surface area contributed by atoms with Gasteiger partial charge in [-0.25, -0.2) is 4.68 Å². The SMILES string of the molecule is c1cc2c(cc1-c1ccc3c(c1)OCO3)CNCc1cnnn1-2. The van der Waals surface area contributed by atoms with E-state index in [2.05, 4.69) is 39.9 Å². The molecule has 3 aromatic rings. The van der Waals surface area contributed by atoms with Gasteiger partial charge in [0.1, 0.15) is 0 Å². The van der Waals surface area contributed by atoms with Crippen LogP contribution in [0.1, 0.15) is 11.3 Å². The van der Waals surface area contributed by atoms with Crippen LogP contribution in [0.2, 0.25) is 0 Å². The van der Waals surface area contributed by atoms with Crippen molar-refractivity contribution in [3.05, 3.63) is 53.9 Å². The van der Waals surface area contributed by atoms with Crippen molar-refractivity contribution in [2.24, 2.45) is 0 Å². The van der Waals surface area contributed by atoms with Gasteiger partial charge in [-0.2, -0.15) is 0 Å². The molecule has 0 aliphatic carbocycles. The van der Waals surface area contributed by atoms with E-state index in [9.17, 15) is 0 Å². The summed E-state index contributed by atoms with van der Waals surface area (Å²) in [6.07, 6.45) is 1.80. The Morgan fingerprint density at radius 1 is 0.957 bits per heavy atom. The molecule has 5 rings (SSSR count). The van der Waals surface area contributed by atoms with Crippen molar-refractivity contribution in [3.8, 4) is 28.3 Å². The van der Waals surface area contributed by atoms with E-state index in [4.69, 9.17) is 9.47 Å². The number of ether oxygens (including phenoxy) is 2. The predicted octanol–water partition coefficient (Wildman–Crippen LogP) is 2.27. The maximum Gasteiger partial charge on any atom is 0.231 e. The first-order valence-electron chi connectivity index (χ1n) is 7.52. The fourth-order valence-electron chi connectivity index (χ4n) is 3.09. The van der Waals surface area contributed by atoms with Gasteiger partial charge >= 0.3 is 0 Å². The molecule has 3 heterocycles. The van der Waals surface area contributed by atoms with Crippen LogP contribution in [-0.2, 0) is 13.1 Å². The summed E-state index contributed by atoms with van der Waals surface area (Å²) in [5, 5.41) is 11.6. The van der Waals surface area contributed by atoms with Crippen LogP contribution >= 0.6 is 0 Å². The molecule has 1 aromatic heterocycles. The lowest BCUT2D eigenvalue weighted by Crippen LogP contribution is -2.10. The second-order valence-electron chi connectivity index (χ2n) is 5.65. The van der Waals surface area contributed by atoms with Crippen LogP contribution in [0, 0.1) is 0 Å². The average molecular weight is 306 g/mol. The first-order chi connectivity index (χ1) is 11.4. The predicted molar refractivity (Wildman–Crippen MR) is 83.5 cm³/mol. The lowest BCUT2D eigenvalue weighted by molar-refractivity contribution is 0.174. The Morgan fingerprint density at radius 3 is 2.83 bits per heavy atom. The van der Waals surface area contributed by atoms with Crippen molar-refractivity contribution in [2.75, 3.05) is 6.79 Å². The van der Waals surface area contributed by atoms with Crippen molar-refractivity contribution >= 4 is 0 Å². The molecular weight excluding hydrogens is 292 g/mol. The van der Waals surface area contributed by atoms with Gasteiger partial charge in [-0.1, -0.05) is 17.3 Å². The molecule has 0 saturated heterocycles. The largest absolute Gasteiger partial charge is 0.454 e. The summed E-state index contributed by atoms with van der Waals surface area (Å²) in [4.78, 5) is 0. The summed E-state index contributed by atoms with van der Waals surface area (Å²) >= 11 is 0. The maximum atomic E-state index is 5.47. The molecule has 0 unspecified atom stereocenters. The first-order valence-corrected chi connectivity index (χ1v) is 7.52. The number of hydrogen-bond donors (Lipinski definition) is 1. The quantitative estimate of drug-likeness (QED) is 0.747. The standard InChI is InChI=1S/C17H14N4O2/c1-3-15-13(7-18-8-14-9-19-20-21(14)15)5-11(1)12-2-4-16-17(6-12)23-10-22-16/h1-6,9,18H,7-8,10H2. The van der Waals surface area contributed by atoms with E-state index >= 15 is 0 Å². The molecule has 0 atom stereocenters. The average Bonchev–Trinajstić information content (AvgIpc) is 3.20. The minimum Gasteiger partial charge on any atom is -0.454 e. The molecule has 2 aromatic carbocycles.